The van der Waals surface area contributed by atoms with Gasteiger partial charge in [0.1, 0.15) is 4.90 Å². The first-order valence-electron chi connectivity index (χ1n) is 6.37. The second kappa shape index (κ2) is 5.90. The summed E-state index contributed by atoms with van der Waals surface area (Å²) in [6.07, 6.45) is 2.00. The average Bonchev–Trinajstić information content (AvgIpc) is 2.40. The number of nitrogens with one attached hydrogen (secondary N) is 1. The van der Waals surface area contributed by atoms with Crippen LogP contribution in [-0.2, 0) is 14.8 Å². The Hall–Kier alpha value is -1.11. The molecular formula is C13H20N2O3S. The summed E-state index contributed by atoms with van der Waals surface area (Å²) >= 11 is 0. The van der Waals surface area contributed by atoms with E-state index in [0.717, 1.165) is 19.4 Å². The highest BCUT2D eigenvalue weighted by atomic mass is 32.2. The van der Waals surface area contributed by atoms with Crippen molar-refractivity contribution in [3.63, 3.8) is 0 Å². The fourth-order valence-corrected chi connectivity index (χ4v) is 3.13. The zero-order valence-corrected chi connectivity index (χ0v) is 12.1. The van der Waals surface area contributed by atoms with Crippen molar-refractivity contribution in [1.29, 1.82) is 0 Å². The number of rotatable bonds is 4. The molecule has 0 saturated carbocycles. The van der Waals surface area contributed by atoms with Gasteiger partial charge in [0.2, 0.25) is 10.0 Å². The van der Waals surface area contributed by atoms with Crippen LogP contribution in [0.2, 0.25) is 0 Å². The highest BCUT2D eigenvalue weighted by molar-refractivity contribution is 7.89. The van der Waals surface area contributed by atoms with E-state index in [0.29, 0.717) is 17.2 Å². The molecule has 1 aromatic rings. The fourth-order valence-electron chi connectivity index (χ4n) is 2.08. The molecule has 5 nitrogen and oxygen atoms in total. The standard InChI is InChI=1S/C13H20N2O3S/c1-15(2)19(16,17)13-8-4-3-7-12(13)14-11-6-5-9-18-10-11/h3-4,7-8,11,14H,5-6,9-10H2,1-2H3. The van der Waals surface area contributed by atoms with E-state index in [-0.39, 0.29) is 6.04 Å². The number of para-hydroxylation sites is 1. The van der Waals surface area contributed by atoms with Gasteiger partial charge in [-0.3, -0.25) is 0 Å². The number of benzene rings is 1. The molecular weight excluding hydrogens is 264 g/mol. The second-order valence-corrected chi connectivity index (χ2v) is 6.96. The van der Waals surface area contributed by atoms with Gasteiger partial charge in [-0.2, -0.15) is 0 Å². The topological polar surface area (TPSA) is 58.6 Å². The molecule has 6 heteroatoms. The van der Waals surface area contributed by atoms with Gasteiger partial charge in [-0.15, -0.1) is 0 Å². The van der Waals surface area contributed by atoms with Crippen molar-refractivity contribution < 1.29 is 13.2 Å². The van der Waals surface area contributed by atoms with Crippen LogP contribution in [0.1, 0.15) is 12.8 Å². The summed E-state index contributed by atoms with van der Waals surface area (Å²) in [6.45, 7) is 1.41. The van der Waals surface area contributed by atoms with Crippen molar-refractivity contribution in [1.82, 2.24) is 4.31 Å². The van der Waals surface area contributed by atoms with Crippen LogP contribution in [0.3, 0.4) is 0 Å². The van der Waals surface area contributed by atoms with Crippen LogP contribution in [-0.4, -0.2) is 46.1 Å². The summed E-state index contributed by atoms with van der Waals surface area (Å²) in [6, 6.07) is 7.17. The molecule has 1 aliphatic rings. The Kier molecular flexibility index (Phi) is 4.44. The van der Waals surface area contributed by atoms with Crippen molar-refractivity contribution >= 4 is 15.7 Å². The van der Waals surface area contributed by atoms with Gasteiger partial charge in [-0.05, 0) is 25.0 Å². The molecule has 1 fully saturated rings. The molecule has 1 atom stereocenters. The van der Waals surface area contributed by atoms with Crippen LogP contribution in [0.15, 0.2) is 29.2 Å². The van der Waals surface area contributed by atoms with Crippen LogP contribution in [0.25, 0.3) is 0 Å². The highest BCUT2D eigenvalue weighted by Gasteiger charge is 2.22. The molecule has 19 heavy (non-hydrogen) atoms. The molecule has 0 aromatic heterocycles. The Morgan fingerprint density at radius 3 is 2.68 bits per heavy atom. The van der Waals surface area contributed by atoms with E-state index in [1.54, 1.807) is 18.2 Å². The van der Waals surface area contributed by atoms with Crippen LogP contribution < -0.4 is 5.32 Å². The van der Waals surface area contributed by atoms with Gasteiger partial charge >= 0.3 is 0 Å². The van der Waals surface area contributed by atoms with Crippen molar-refractivity contribution in [3.05, 3.63) is 24.3 Å². The SMILES string of the molecule is CN(C)S(=O)(=O)c1ccccc1NC1CCCOC1. The van der Waals surface area contributed by atoms with Gasteiger partial charge in [-0.1, -0.05) is 12.1 Å². The summed E-state index contributed by atoms with van der Waals surface area (Å²) in [5.74, 6) is 0. The number of sulfonamides is 1. The average molecular weight is 284 g/mol. The number of ether oxygens (including phenoxy) is 1. The summed E-state index contributed by atoms with van der Waals surface area (Å²) in [4.78, 5) is 0.311. The molecule has 0 spiro atoms. The first kappa shape index (κ1) is 14.3. The molecule has 2 rings (SSSR count). The van der Waals surface area contributed by atoms with Crippen LogP contribution in [0.5, 0.6) is 0 Å². The lowest BCUT2D eigenvalue weighted by molar-refractivity contribution is 0.0875. The first-order chi connectivity index (χ1) is 9.01. The quantitative estimate of drug-likeness (QED) is 0.911. The van der Waals surface area contributed by atoms with E-state index in [1.165, 1.54) is 18.4 Å². The van der Waals surface area contributed by atoms with Crippen molar-refractivity contribution in [3.8, 4) is 0 Å². The zero-order valence-electron chi connectivity index (χ0n) is 11.3. The Balaban J connectivity index is 2.26. The minimum absolute atomic E-state index is 0.173. The van der Waals surface area contributed by atoms with Gasteiger partial charge < -0.3 is 10.1 Å². The fraction of sp³-hybridized carbons (Fsp3) is 0.538. The molecule has 106 valence electrons. The smallest absolute Gasteiger partial charge is 0.244 e. The third kappa shape index (κ3) is 3.26. The Morgan fingerprint density at radius 2 is 2.05 bits per heavy atom. The molecule has 0 aliphatic carbocycles. The predicted octanol–water partition coefficient (Wildman–Crippen LogP) is 1.53. The van der Waals surface area contributed by atoms with Gasteiger partial charge in [0.05, 0.1) is 12.3 Å². The second-order valence-electron chi connectivity index (χ2n) is 4.84. The highest BCUT2D eigenvalue weighted by Crippen LogP contribution is 2.25. The normalized spacial score (nSPS) is 20.5. The first-order valence-corrected chi connectivity index (χ1v) is 7.81. The number of hydrogen-bond acceptors (Lipinski definition) is 4. The van der Waals surface area contributed by atoms with Gasteiger partial charge in [0, 0.05) is 26.7 Å². The lowest BCUT2D eigenvalue weighted by Crippen LogP contribution is -2.31. The van der Waals surface area contributed by atoms with E-state index in [9.17, 15) is 8.42 Å². The van der Waals surface area contributed by atoms with Gasteiger partial charge in [0.25, 0.3) is 0 Å². The maximum atomic E-state index is 12.2. The van der Waals surface area contributed by atoms with E-state index in [1.807, 2.05) is 6.07 Å². The summed E-state index contributed by atoms with van der Waals surface area (Å²) in [7, 11) is -0.353. The third-order valence-corrected chi connectivity index (χ3v) is 5.04. The molecule has 0 amide bonds. The maximum absolute atomic E-state index is 12.2. The molecule has 1 saturated heterocycles. The summed E-state index contributed by atoms with van der Waals surface area (Å²) < 4.78 is 31.1. The molecule has 1 unspecified atom stereocenters. The summed E-state index contributed by atoms with van der Waals surface area (Å²) in [5.41, 5.74) is 0.645. The molecule has 1 aliphatic heterocycles. The van der Waals surface area contributed by atoms with Gasteiger partial charge in [-0.25, -0.2) is 12.7 Å². The van der Waals surface area contributed by atoms with Crippen molar-refractivity contribution in [2.45, 2.75) is 23.8 Å². The Bertz CT molecular complexity index is 522. The molecule has 0 radical (unpaired) electrons. The summed E-state index contributed by atoms with van der Waals surface area (Å²) in [5, 5.41) is 3.28. The minimum Gasteiger partial charge on any atom is -0.379 e. The van der Waals surface area contributed by atoms with E-state index < -0.39 is 10.0 Å². The van der Waals surface area contributed by atoms with Crippen LogP contribution >= 0.6 is 0 Å². The van der Waals surface area contributed by atoms with E-state index in [2.05, 4.69) is 5.32 Å². The lowest BCUT2D eigenvalue weighted by atomic mass is 10.1. The predicted molar refractivity (Wildman–Crippen MR) is 74.8 cm³/mol. The monoisotopic (exact) mass is 284 g/mol. The molecule has 0 bridgehead atoms. The molecule has 1 heterocycles. The van der Waals surface area contributed by atoms with Crippen LogP contribution in [0.4, 0.5) is 5.69 Å². The third-order valence-electron chi connectivity index (χ3n) is 3.17. The number of anilines is 1. The van der Waals surface area contributed by atoms with E-state index in [4.69, 9.17) is 4.74 Å². The van der Waals surface area contributed by atoms with Crippen LogP contribution in [0, 0.1) is 0 Å². The Morgan fingerprint density at radius 1 is 1.32 bits per heavy atom. The van der Waals surface area contributed by atoms with Crippen molar-refractivity contribution in [2.24, 2.45) is 0 Å². The minimum atomic E-state index is -3.43. The number of nitrogens with zero attached hydrogens (tertiary/aromatic N) is 1. The van der Waals surface area contributed by atoms with E-state index >= 15 is 0 Å². The molecule has 1 aromatic carbocycles. The largest absolute Gasteiger partial charge is 0.379 e. The number of hydrogen-bond donors (Lipinski definition) is 1. The van der Waals surface area contributed by atoms with Gasteiger partial charge in [0.15, 0.2) is 0 Å². The lowest BCUT2D eigenvalue weighted by Gasteiger charge is -2.25. The molecule has 1 N–H and O–H groups in total. The maximum Gasteiger partial charge on any atom is 0.244 e. The zero-order chi connectivity index (χ0) is 13.9. The Labute approximate surface area is 114 Å². The van der Waals surface area contributed by atoms with Crippen molar-refractivity contribution in [2.75, 3.05) is 32.6 Å².